The lowest BCUT2D eigenvalue weighted by molar-refractivity contribution is 0.0950. The Bertz CT molecular complexity index is 1030. The van der Waals surface area contributed by atoms with Crippen LogP contribution in [0, 0.1) is 0 Å². The molecule has 1 N–H and O–H groups in total. The second-order valence-electron chi connectivity index (χ2n) is 5.96. The predicted molar refractivity (Wildman–Crippen MR) is 103 cm³/mol. The molecule has 0 unspecified atom stereocenters. The molecule has 0 fully saturated rings. The zero-order valence-electron chi connectivity index (χ0n) is 14.9. The molecular weight excluding hydrogens is 354 g/mol. The molecule has 2 aromatic carbocycles. The summed E-state index contributed by atoms with van der Waals surface area (Å²) in [4.78, 5) is 20.6. The molecule has 4 aromatic rings. The van der Waals surface area contributed by atoms with Gasteiger partial charge in [-0.15, -0.1) is 0 Å². The van der Waals surface area contributed by atoms with Gasteiger partial charge in [-0.05, 0) is 35.9 Å². The molecule has 0 aliphatic heterocycles. The molecule has 4 rings (SSSR count). The van der Waals surface area contributed by atoms with Crippen molar-refractivity contribution in [2.45, 2.75) is 6.54 Å². The molecule has 138 valence electrons. The maximum Gasteiger partial charge on any atom is 0.254 e. The van der Waals surface area contributed by atoms with Crippen molar-refractivity contribution in [3.05, 3.63) is 96.6 Å². The number of para-hydroxylation sites is 1. The Morgan fingerprint density at radius 2 is 1.64 bits per heavy atom. The largest absolute Gasteiger partial charge is 0.457 e. The minimum Gasteiger partial charge on any atom is -0.457 e. The van der Waals surface area contributed by atoms with Gasteiger partial charge in [-0.1, -0.05) is 30.3 Å². The van der Waals surface area contributed by atoms with E-state index in [2.05, 4.69) is 20.4 Å². The number of aromatic nitrogens is 4. The Labute approximate surface area is 161 Å². The van der Waals surface area contributed by atoms with Crippen molar-refractivity contribution in [2.24, 2.45) is 0 Å². The third kappa shape index (κ3) is 4.21. The van der Waals surface area contributed by atoms with Gasteiger partial charge in [0.2, 0.25) is 5.95 Å². The third-order valence-corrected chi connectivity index (χ3v) is 3.97. The number of hydrogen-bond donors (Lipinski definition) is 1. The molecule has 0 bridgehead atoms. The van der Waals surface area contributed by atoms with Gasteiger partial charge in [0.25, 0.3) is 5.91 Å². The molecule has 28 heavy (non-hydrogen) atoms. The van der Waals surface area contributed by atoms with Crippen LogP contribution >= 0.6 is 0 Å². The van der Waals surface area contributed by atoms with E-state index in [1.807, 2.05) is 54.6 Å². The van der Waals surface area contributed by atoms with E-state index in [1.54, 1.807) is 18.5 Å². The molecule has 2 heterocycles. The van der Waals surface area contributed by atoms with E-state index in [4.69, 9.17) is 4.74 Å². The number of nitrogens with zero attached hydrogens (tertiary/aromatic N) is 4. The fourth-order valence-corrected chi connectivity index (χ4v) is 2.53. The summed E-state index contributed by atoms with van der Waals surface area (Å²) in [7, 11) is 0. The molecule has 0 aliphatic rings. The minimum atomic E-state index is -0.239. The van der Waals surface area contributed by atoms with Crippen molar-refractivity contribution in [1.29, 1.82) is 0 Å². The van der Waals surface area contributed by atoms with Crippen LogP contribution in [0.5, 0.6) is 11.5 Å². The van der Waals surface area contributed by atoms with E-state index in [1.165, 1.54) is 17.1 Å². The van der Waals surface area contributed by atoms with Crippen molar-refractivity contribution in [3.63, 3.8) is 0 Å². The molecule has 7 heteroatoms. The Kier molecular flexibility index (Phi) is 5.06. The number of rotatable bonds is 6. The van der Waals surface area contributed by atoms with E-state index in [0.29, 0.717) is 18.1 Å². The fourth-order valence-electron chi connectivity index (χ4n) is 2.53. The smallest absolute Gasteiger partial charge is 0.254 e. The molecule has 0 aliphatic carbocycles. The van der Waals surface area contributed by atoms with Gasteiger partial charge in [-0.25, -0.2) is 14.6 Å². The Morgan fingerprint density at radius 1 is 0.929 bits per heavy atom. The SMILES string of the molecule is O=C(NCc1ccc(Oc2ccccc2)cc1)c1cnc(-n2cccn2)nc1. The van der Waals surface area contributed by atoms with Gasteiger partial charge >= 0.3 is 0 Å². The zero-order valence-corrected chi connectivity index (χ0v) is 14.9. The summed E-state index contributed by atoms with van der Waals surface area (Å²) in [5.41, 5.74) is 1.35. The monoisotopic (exact) mass is 371 g/mol. The predicted octanol–water partition coefficient (Wildman–Crippen LogP) is 3.38. The highest BCUT2D eigenvalue weighted by Crippen LogP contribution is 2.21. The summed E-state index contributed by atoms with van der Waals surface area (Å²) < 4.78 is 7.29. The van der Waals surface area contributed by atoms with Crippen LogP contribution in [0.25, 0.3) is 5.95 Å². The van der Waals surface area contributed by atoms with E-state index in [0.717, 1.165) is 17.1 Å². The summed E-state index contributed by atoms with van der Waals surface area (Å²) in [5, 5.41) is 6.91. The molecule has 0 saturated heterocycles. The van der Waals surface area contributed by atoms with Crippen LogP contribution in [-0.2, 0) is 6.54 Å². The molecule has 1 amide bonds. The molecule has 2 aromatic heterocycles. The summed E-state index contributed by atoms with van der Waals surface area (Å²) in [6.07, 6.45) is 6.34. The van der Waals surface area contributed by atoms with E-state index in [9.17, 15) is 4.79 Å². The lowest BCUT2D eigenvalue weighted by Crippen LogP contribution is -2.23. The molecular formula is C21H17N5O2. The van der Waals surface area contributed by atoms with Gasteiger partial charge < -0.3 is 10.1 Å². The van der Waals surface area contributed by atoms with Crippen LogP contribution in [0.1, 0.15) is 15.9 Å². The Morgan fingerprint density at radius 3 is 2.32 bits per heavy atom. The molecule has 0 atom stereocenters. The lowest BCUT2D eigenvalue weighted by Gasteiger charge is -2.08. The maximum absolute atomic E-state index is 12.3. The quantitative estimate of drug-likeness (QED) is 0.562. The van der Waals surface area contributed by atoms with Crippen LogP contribution in [0.3, 0.4) is 0 Å². The maximum atomic E-state index is 12.3. The highest BCUT2D eigenvalue weighted by molar-refractivity contribution is 5.93. The van der Waals surface area contributed by atoms with Crippen molar-refractivity contribution in [3.8, 4) is 17.4 Å². The summed E-state index contributed by atoms with van der Waals surface area (Å²) in [6.45, 7) is 0.394. The van der Waals surface area contributed by atoms with Crippen molar-refractivity contribution >= 4 is 5.91 Å². The average molecular weight is 371 g/mol. The molecule has 7 nitrogen and oxygen atoms in total. The van der Waals surface area contributed by atoms with Gasteiger partial charge in [0, 0.05) is 31.3 Å². The topological polar surface area (TPSA) is 81.9 Å². The summed E-state index contributed by atoms with van der Waals surface area (Å²) in [5.74, 6) is 1.69. The van der Waals surface area contributed by atoms with Crippen LogP contribution < -0.4 is 10.1 Å². The fraction of sp³-hybridized carbons (Fsp3) is 0.0476. The van der Waals surface area contributed by atoms with Crippen LogP contribution in [0.2, 0.25) is 0 Å². The Balaban J connectivity index is 1.33. The first-order valence-corrected chi connectivity index (χ1v) is 8.70. The number of benzene rings is 2. The molecule has 0 saturated carbocycles. The second kappa shape index (κ2) is 8.13. The van der Waals surface area contributed by atoms with Gasteiger partial charge in [0.1, 0.15) is 11.5 Å². The van der Waals surface area contributed by atoms with Crippen molar-refractivity contribution in [1.82, 2.24) is 25.1 Å². The van der Waals surface area contributed by atoms with Crippen LogP contribution in [-0.4, -0.2) is 25.7 Å². The van der Waals surface area contributed by atoms with E-state index >= 15 is 0 Å². The average Bonchev–Trinajstić information content (AvgIpc) is 3.29. The first kappa shape index (κ1) is 17.4. The normalized spacial score (nSPS) is 10.4. The third-order valence-electron chi connectivity index (χ3n) is 3.97. The highest BCUT2D eigenvalue weighted by Gasteiger charge is 2.08. The van der Waals surface area contributed by atoms with Crippen LogP contribution in [0.15, 0.2) is 85.5 Å². The molecule has 0 spiro atoms. The first-order valence-electron chi connectivity index (χ1n) is 8.70. The second-order valence-corrected chi connectivity index (χ2v) is 5.96. The highest BCUT2D eigenvalue weighted by atomic mass is 16.5. The number of nitrogens with one attached hydrogen (secondary N) is 1. The van der Waals surface area contributed by atoms with Gasteiger partial charge in [0.15, 0.2) is 0 Å². The van der Waals surface area contributed by atoms with Gasteiger partial charge in [-0.3, -0.25) is 4.79 Å². The van der Waals surface area contributed by atoms with Crippen molar-refractivity contribution in [2.75, 3.05) is 0 Å². The van der Waals surface area contributed by atoms with Crippen LogP contribution in [0.4, 0.5) is 0 Å². The van der Waals surface area contributed by atoms with E-state index < -0.39 is 0 Å². The van der Waals surface area contributed by atoms with Crippen molar-refractivity contribution < 1.29 is 9.53 Å². The number of carbonyl (C=O) groups is 1. The summed E-state index contributed by atoms with van der Waals surface area (Å²) in [6, 6.07) is 18.9. The standard InChI is InChI=1S/C21H17N5O2/c27-20(17-14-23-21(24-15-17)26-12-4-11-25-26)22-13-16-7-9-19(10-8-16)28-18-5-2-1-3-6-18/h1-12,14-15H,13H2,(H,22,27). The zero-order chi connectivity index (χ0) is 19.2. The minimum absolute atomic E-state index is 0.239. The number of hydrogen-bond acceptors (Lipinski definition) is 5. The number of ether oxygens (including phenoxy) is 1. The number of carbonyl (C=O) groups excluding carboxylic acids is 1. The van der Waals surface area contributed by atoms with E-state index in [-0.39, 0.29) is 5.91 Å². The number of amides is 1. The molecule has 0 radical (unpaired) electrons. The first-order chi connectivity index (χ1) is 13.8. The Hall–Kier alpha value is -4.00. The van der Waals surface area contributed by atoms with Gasteiger partial charge in [-0.2, -0.15) is 5.10 Å². The summed E-state index contributed by atoms with van der Waals surface area (Å²) >= 11 is 0. The van der Waals surface area contributed by atoms with Gasteiger partial charge in [0.05, 0.1) is 5.56 Å². The lowest BCUT2D eigenvalue weighted by atomic mass is 10.2.